The Bertz CT molecular complexity index is 753. The van der Waals surface area contributed by atoms with Crippen molar-refractivity contribution in [3.8, 4) is 0 Å². The Morgan fingerprint density at radius 3 is 2.57 bits per heavy atom. The van der Waals surface area contributed by atoms with Crippen molar-refractivity contribution in [1.82, 2.24) is 5.53 Å². The highest BCUT2D eigenvalue weighted by molar-refractivity contribution is 7.81. The first-order valence-electron chi connectivity index (χ1n) is 6.92. The SMILES string of the molecule is CN(C(N)=O)c1ccccc1C1(S)N=NNN1c1ccccc1. The molecular formula is C15H16N6OS. The van der Waals surface area contributed by atoms with Gasteiger partial charge >= 0.3 is 6.03 Å². The third kappa shape index (κ3) is 2.57. The average molecular weight is 328 g/mol. The molecule has 0 aliphatic carbocycles. The van der Waals surface area contributed by atoms with E-state index in [4.69, 9.17) is 18.4 Å². The van der Waals surface area contributed by atoms with Crippen molar-refractivity contribution in [3.63, 3.8) is 0 Å². The minimum absolute atomic E-state index is 0.566. The van der Waals surface area contributed by atoms with E-state index in [-0.39, 0.29) is 0 Å². The van der Waals surface area contributed by atoms with Crippen LogP contribution in [0.3, 0.4) is 0 Å². The van der Waals surface area contributed by atoms with Crippen molar-refractivity contribution in [2.75, 3.05) is 17.0 Å². The van der Waals surface area contributed by atoms with Crippen LogP contribution in [0.2, 0.25) is 0 Å². The van der Waals surface area contributed by atoms with Gasteiger partial charge in [0, 0.05) is 12.6 Å². The van der Waals surface area contributed by atoms with E-state index in [1.165, 1.54) is 4.90 Å². The number of hydrogen-bond acceptors (Lipinski definition) is 6. The molecule has 0 spiro atoms. The number of anilines is 2. The number of para-hydroxylation sites is 2. The maximum Gasteiger partial charge on any atom is 0.319 e. The quantitative estimate of drug-likeness (QED) is 0.757. The number of urea groups is 1. The molecular weight excluding hydrogens is 312 g/mol. The molecule has 0 radical (unpaired) electrons. The molecule has 2 aromatic rings. The molecule has 3 rings (SSSR count). The van der Waals surface area contributed by atoms with Crippen LogP contribution in [0.1, 0.15) is 5.56 Å². The van der Waals surface area contributed by atoms with E-state index >= 15 is 0 Å². The van der Waals surface area contributed by atoms with Crippen LogP contribution in [-0.4, -0.2) is 13.1 Å². The molecule has 3 N–H and O–H groups in total. The third-order valence-electron chi connectivity index (χ3n) is 3.62. The Balaban J connectivity index is 2.10. The van der Waals surface area contributed by atoms with Crippen LogP contribution in [-0.2, 0) is 4.99 Å². The zero-order valence-electron chi connectivity index (χ0n) is 12.4. The van der Waals surface area contributed by atoms with E-state index in [0.29, 0.717) is 11.3 Å². The fourth-order valence-electron chi connectivity index (χ4n) is 2.41. The molecule has 2 amide bonds. The van der Waals surface area contributed by atoms with Gasteiger partial charge in [0.1, 0.15) is 0 Å². The Kier molecular flexibility index (Phi) is 3.83. The van der Waals surface area contributed by atoms with Gasteiger partial charge in [-0.05, 0) is 18.2 Å². The zero-order chi connectivity index (χ0) is 16.4. The number of amides is 2. The van der Waals surface area contributed by atoms with Crippen molar-refractivity contribution in [2.24, 2.45) is 16.1 Å². The van der Waals surface area contributed by atoms with Gasteiger partial charge < -0.3 is 5.73 Å². The second kappa shape index (κ2) is 5.81. The van der Waals surface area contributed by atoms with Crippen LogP contribution >= 0.6 is 12.6 Å². The minimum atomic E-state index is -1.11. The fraction of sp³-hybridized carbons (Fsp3) is 0.133. The highest BCUT2D eigenvalue weighted by Gasteiger charge is 2.42. The minimum Gasteiger partial charge on any atom is -0.351 e. The Labute approximate surface area is 139 Å². The normalized spacial score (nSPS) is 19.5. The summed E-state index contributed by atoms with van der Waals surface area (Å²) in [6.07, 6.45) is 0. The molecule has 0 aromatic heterocycles. The maximum absolute atomic E-state index is 11.6. The largest absolute Gasteiger partial charge is 0.351 e. The van der Waals surface area contributed by atoms with Gasteiger partial charge in [0.2, 0.25) is 4.99 Å². The predicted molar refractivity (Wildman–Crippen MR) is 92.0 cm³/mol. The van der Waals surface area contributed by atoms with Crippen molar-refractivity contribution >= 4 is 30.0 Å². The van der Waals surface area contributed by atoms with E-state index < -0.39 is 11.0 Å². The third-order valence-corrected chi connectivity index (χ3v) is 4.15. The molecule has 7 nitrogen and oxygen atoms in total. The summed E-state index contributed by atoms with van der Waals surface area (Å²) in [6, 6.07) is 16.3. The summed E-state index contributed by atoms with van der Waals surface area (Å²) in [4.78, 5) is 11.8. The number of hydrogen-bond donors (Lipinski definition) is 3. The van der Waals surface area contributed by atoms with E-state index in [9.17, 15) is 4.79 Å². The highest BCUT2D eigenvalue weighted by Crippen LogP contribution is 2.43. The molecule has 0 saturated carbocycles. The molecule has 118 valence electrons. The molecule has 1 aliphatic heterocycles. The number of nitrogens with two attached hydrogens (primary N) is 1. The fourth-order valence-corrected chi connectivity index (χ4v) is 2.80. The number of carbonyl (C=O) groups excluding carboxylic acids is 1. The van der Waals surface area contributed by atoms with Gasteiger partial charge in [0.05, 0.1) is 11.4 Å². The van der Waals surface area contributed by atoms with E-state index in [1.807, 2.05) is 48.5 Å². The van der Waals surface area contributed by atoms with Crippen molar-refractivity contribution in [1.29, 1.82) is 0 Å². The van der Waals surface area contributed by atoms with Crippen molar-refractivity contribution < 1.29 is 4.79 Å². The summed E-state index contributed by atoms with van der Waals surface area (Å²) in [7, 11) is 1.60. The van der Waals surface area contributed by atoms with E-state index in [0.717, 1.165) is 5.69 Å². The summed E-state index contributed by atoms with van der Waals surface area (Å²) < 4.78 is 0. The molecule has 1 aliphatic rings. The first-order valence-corrected chi connectivity index (χ1v) is 7.36. The smallest absolute Gasteiger partial charge is 0.319 e. The van der Waals surface area contributed by atoms with Gasteiger partial charge in [-0.25, -0.2) is 9.80 Å². The van der Waals surface area contributed by atoms with Crippen LogP contribution < -0.4 is 21.2 Å². The van der Waals surface area contributed by atoms with Gasteiger partial charge in [-0.2, -0.15) is 5.53 Å². The molecule has 1 atom stereocenters. The predicted octanol–water partition coefficient (Wildman–Crippen LogP) is 2.63. The number of hydrazine groups is 1. The van der Waals surface area contributed by atoms with Gasteiger partial charge in [0.15, 0.2) is 0 Å². The lowest BCUT2D eigenvalue weighted by molar-refractivity contribution is 0.255. The van der Waals surface area contributed by atoms with E-state index in [1.54, 1.807) is 18.1 Å². The number of primary amides is 1. The summed E-state index contributed by atoms with van der Waals surface area (Å²) in [5.41, 5.74) is 10.4. The Morgan fingerprint density at radius 2 is 1.87 bits per heavy atom. The highest BCUT2D eigenvalue weighted by atomic mass is 32.1. The van der Waals surface area contributed by atoms with Crippen molar-refractivity contribution in [3.05, 3.63) is 60.2 Å². The lowest BCUT2D eigenvalue weighted by atomic mass is 10.1. The lowest BCUT2D eigenvalue weighted by Crippen LogP contribution is -2.44. The standard InChI is InChI=1S/C15H16N6OS/c1-20(14(16)22)13-10-6-5-9-12(13)15(23)17-18-19-21(15)11-7-3-2-4-8-11/h2-10,23H,1H3,(H2,16,22)(H,17,19). The number of nitrogens with one attached hydrogen (secondary N) is 1. The molecule has 2 aromatic carbocycles. The van der Waals surface area contributed by atoms with E-state index in [2.05, 4.69) is 15.9 Å². The number of thiol groups is 1. The van der Waals surface area contributed by atoms with Crippen LogP contribution in [0.25, 0.3) is 0 Å². The Morgan fingerprint density at radius 1 is 1.22 bits per heavy atom. The number of nitrogens with zero attached hydrogens (tertiary/aromatic N) is 4. The Hall–Kier alpha value is -2.74. The molecule has 0 fully saturated rings. The number of benzene rings is 2. The molecule has 0 saturated heterocycles. The second-order valence-electron chi connectivity index (χ2n) is 5.02. The second-order valence-corrected chi connectivity index (χ2v) is 5.64. The topological polar surface area (TPSA) is 86.3 Å². The van der Waals surface area contributed by atoms with Crippen LogP contribution in [0, 0.1) is 0 Å². The zero-order valence-corrected chi connectivity index (χ0v) is 13.3. The lowest BCUT2D eigenvalue weighted by Gasteiger charge is -2.33. The van der Waals surface area contributed by atoms with Crippen LogP contribution in [0.15, 0.2) is 64.9 Å². The summed E-state index contributed by atoms with van der Waals surface area (Å²) in [5.74, 6) is 0. The molecule has 8 heteroatoms. The van der Waals surface area contributed by atoms with Crippen LogP contribution in [0.4, 0.5) is 16.2 Å². The van der Waals surface area contributed by atoms with Crippen LogP contribution in [0.5, 0.6) is 0 Å². The molecule has 23 heavy (non-hydrogen) atoms. The monoisotopic (exact) mass is 328 g/mol. The van der Waals surface area contributed by atoms with Gasteiger partial charge in [-0.1, -0.05) is 41.6 Å². The van der Waals surface area contributed by atoms with Gasteiger partial charge in [-0.3, -0.25) is 4.90 Å². The average Bonchev–Trinajstić information content (AvgIpc) is 2.98. The molecule has 0 bridgehead atoms. The van der Waals surface area contributed by atoms with Gasteiger partial charge in [-0.15, -0.1) is 17.7 Å². The first kappa shape index (κ1) is 15.2. The number of carbonyl (C=O) groups is 1. The molecule has 1 unspecified atom stereocenters. The van der Waals surface area contributed by atoms with Gasteiger partial charge in [0.25, 0.3) is 0 Å². The summed E-state index contributed by atoms with van der Waals surface area (Å²) in [5, 5.41) is 9.84. The maximum atomic E-state index is 11.6. The summed E-state index contributed by atoms with van der Waals surface area (Å²) >= 11 is 4.73. The first-order chi connectivity index (χ1) is 11.0. The number of rotatable bonds is 3. The summed E-state index contributed by atoms with van der Waals surface area (Å²) in [6.45, 7) is 0. The van der Waals surface area contributed by atoms with Crippen molar-refractivity contribution in [2.45, 2.75) is 4.99 Å². The molecule has 1 heterocycles.